The van der Waals surface area contributed by atoms with Crippen molar-refractivity contribution in [1.82, 2.24) is 20.3 Å². The molecule has 1 unspecified atom stereocenters. The van der Waals surface area contributed by atoms with Crippen molar-refractivity contribution >= 4 is 29.4 Å². The highest BCUT2D eigenvalue weighted by Crippen LogP contribution is 2.32. The fourth-order valence-electron chi connectivity index (χ4n) is 4.99. The van der Waals surface area contributed by atoms with Gasteiger partial charge in [0.15, 0.2) is 0 Å². The van der Waals surface area contributed by atoms with Gasteiger partial charge in [-0.2, -0.15) is 0 Å². The number of carbonyl (C=O) groups is 1. The molecule has 40 heavy (non-hydrogen) atoms. The molecule has 0 saturated carbocycles. The lowest BCUT2D eigenvalue weighted by Gasteiger charge is -2.25. The second-order valence-electron chi connectivity index (χ2n) is 10.3. The van der Waals surface area contributed by atoms with Crippen molar-refractivity contribution < 1.29 is 4.79 Å². The van der Waals surface area contributed by atoms with Crippen molar-refractivity contribution in [2.75, 3.05) is 42.3 Å². The molecule has 4 heterocycles. The van der Waals surface area contributed by atoms with Gasteiger partial charge in [-0.3, -0.25) is 4.79 Å². The van der Waals surface area contributed by atoms with Crippen LogP contribution in [0.5, 0.6) is 0 Å². The molecule has 1 atom stereocenters. The number of rotatable bonds is 5. The fraction of sp³-hybridized carbons (Fsp3) is 0.312. The van der Waals surface area contributed by atoms with E-state index in [9.17, 15) is 4.79 Å². The molecule has 0 bridgehead atoms. The molecule has 1 fully saturated rings. The molecule has 0 aliphatic carbocycles. The molecule has 2 aliphatic heterocycles. The zero-order valence-electron chi connectivity index (χ0n) is 23.8. The normalized spacial score (nSPS) is 15.0. The second-order valence-corrected chi connectivity index (χ2v) is 10.3. The molecule has 8 nitrogen and oxygen atoms in total. The van der Waals surface area contributed by atoms with E-state index in [1.54, 1.807) is 20.0 Å². The van der Waals surface area contributed by atoms with E-state index in [-0.39, 0.29) is 11.9 Å². The van der Waals surface area contributed by atoms with Gasteiger partial charge in [-0.05, 0) is 88.6 Å². The van der Waals surface area contributed by atoms with Gasteiger partial charge in [0.05, 0.1) is 17.4 Å². The lowest BCUT2D eigenvalue weighted by molar-refractivity contribution is -0.117. The first kappa shape index (κ1) is 27.1. The van der Waals surface area contributed by atoms with E-state index in [1.807, 2.05) is 39.1 Å². The van der Waals surface area contributed by atoms with Crippen molar-refractivity contribution in [2.45, 2.75) is 39.7 Å². The number of anilines is 3. The Hall–Kier alpha value is -4.48. The topological polar surface area (TPSA) is 86.3 Å². The number of amides is 1. The molecule has 0 spiro atoms. The number of likely N-dealkylation sites (N-methyl/N-ethyl adjacent to an activating group) is 2. The van der Waals surface area contributed by atoms with Crippen LogP contribution in [-0.4, -0.2) is 54.1 Å². The van der Waals surface area contributed by atoms with Gasteiger partial charge in [-0.25, -0.2) is 15.0 Å². The summed E-state index contributed by atoms with van der Waals surface area (Å²) in [5, 5.41) is 5.85. The van der Waals surface area contributed by atoms with Crippen LogP contribution < -0.4 is 20.4 Å². The molecule has 0 radical (unpaired) electrons. The maximum absolute atomic E-state index is 12.6. The summed E-state index contributed by atoms with van der Waals surface area (Å²) < 4.78 is 0. The summed E-state index contributed by atoms with van der Waals surface area (Å²) in [7, 11) is 3.75. The standard InChI is InChI=1S/C32H35N7O/c1-20-9-12-25-19-24(11-15-28(25)38(20)6)10-14-27-26(13-16-29(36-27)37-31(40)23(4)33-5)30-21(2)34-32(35-22(30)3)39-17-7-8-18-39/h9,11-13,15-16,19,23,33H,1,7-8,17-18H2,2-6H3,(H,36,37,40). The first-order valence-electron chi connectivity index (χ1n) is 13.6. The van der Waals surface area contributed by atoms with Crippen LogP contribution in [0.4, 0.5) is 17.5 Å². The minimum atomic E-state index is -0.357. The van der Waals surface area contributed by atoms with Crippen molar-refractivity contribution in [3.05, 3.63) is 76.9 Å². The third-order valence-electron chi connectivity index (χ3n) is 7.49. The molecule has 2 N–H and O–H groups in total. The lowest BCUT2D eigenvalue weighted by atomic mass is 10.00. The van der Waals surface area contributed by atoms with Gasteiger partial charge < -0.3 is 20.4 Å². The third kappa shape index (κ3) is 5.47. The molecular weight excluding hydrogens is 498 g/mol. The smallest absolute Gasteiger partial charge is 0.242 e. The Kier molecular flexibility index (Phi) is 7.67. The Morgan fingerprint density at radius 2 is 1.75 bits per heavy atom. The minimum Gasteiger partial charge on any atom is -0.345 e. The summed E-state index contributed by atoms with van der Waals surface area (Å²) in [5.74, 6) is 7.63. The summed E-state index contributed by atoms with van der Waals surface area (Å²) in [5.41, 5.74) is 8.02. The first-order chi connectivity index (χ1) is 19.2. The number of pyridine rings is 1. The average molecular weight is 534 g/mol. The number of aryl methyl sites for hydroxylation is 2. The van der Waals surface area contributed by atoms with Gasteiger partial charge >= 0.3 is 0 Å². The van der Waals surface area contributed by atoms with Crippen LogP contribution in [0.1, 0.15) is 48.0 Å². The third-order valence-corrected chi connectivity index (χ3v) is 7.49. The van der Waals surface area contributed by atoms with Crippen LogP contribution in [0.25, 0.3) is 17.2 Å². The Balaban J connectivity index is 1.56. The predicted molar refractivity (Wildman–Crippen MR) is 162 cm³/mol. The van der Waals surface area contributed by atoms with Gasteiger partial charge in [0.25, 0.3) is 0 Å². The van der Waals surface area contributed by atoms with Crippen LogP contribution in [0, 0.1) is 25.7 Å². The van der Waals surface area contributed by atoms with Gasteiger partial charge in [-0.15, -0.1) is 0 Å². The summed E-state index contributed by atoms with van der Waals surface area (Å²) in [6, 6.07) is 9.51. The van der Waals surface area contributed by atoms with E-state index in [4.69, 9.17) is 15.0 Å². The van der Waals surface area contributed by atoms with Gasteiger partial charge in [0.2, 0.25) is 11.9 Å². The molecular formula is C32H35N7O. The number of nitrogens with zero attached hydrogens (tertiary/aromatic N) is 5. The van der Waals surface area contributed by atoms with E-state index < -0.39 is 0 Å². The number of hydrogen-bond acceptors (Lipinski definition) is 7. The molecule has 1 saturated heterocycles. The summed E-state index contributed by atoms with van der Waals surface area (Å²) in [6.07, 6.45) is 6.37. The van der Waals surface area contributed by atoms with Gasteiger partial charge in [0, 0.05) is 48.2 Å². The van der Waals surface area contributed by atoms with Crippen molar-refractivity contribution in [3.63, 3.8) is 0 Å². The number of benzene rings is 1. The van der Waals surface area contributed by atoms with Crippen molar-refractivity contribution in [3.8, 4) is 23.0 Å². The SMILES string of the molecule is C=C1C=Cc2cc(C#Cc3nc(NC(=O)C(C)NC)ccc3-c3c(C)nc(N4CCCC4)nc3C)ccc2N1C. The number of aromatic nitrogens is 3. The van der Waals surface area contributed by atoms with Crippen LogP contribution in [0.3, 0.4) is 0 Å². The molecule has 2 aromatic heterocycles. The Bertz CT molecular complexity index is 1550. The van der Waals surface area contributed by atoms with Crippen molar-refractivity contribution in [2.24, 2.45) is 0 Å². The molecule has 3 aromatic rings. The van der Waals surface area contributed by atoms with E-state index in [2.05, 4.69) is 57.1 Å². The van der Waals surface area contributed by atoms with Crippen molar-refractivity contribution in [1.29, 1.82) is 0 Å². The zero-order valence-corrected chi connectivity index (χ0v) is 23.8. The zero-order chi connectivity index (χ0) is 28.4. The van der Waals surface area contributed by atoms with Crippen LogP contribution >= 0.6 is 0 Å². The number of hydrogen-bond donors (Lipinski definition) is 2. The van der Waals surface area contributed by atoms with E-state index in [1.165, 1.54) is 0 Å². The maximum atomic E-state index is 12.6. The number of fused-ring (bicyclic) bond motifs is 1. The fourth-order valence-corrected chi connectivity index (χ4v) is 4.99. The lowest BCUT2D eigenvalue weighted by Crippen LogP contribution is -2.35. The molecule has 1 aromatic carbocycles. The molecule has 5 rings (SSSR count). The molecule has 204 valence electrons. The summed E-state index contributed by atoms with van der Waals surface area (Å²) in [6.45, 7) is 11.8. The van der Waals surface area contributed by atoms with Gasteiger partial charge in [-0.1, -0.05) is 18.6 Å². The average Bonchev–Trinajstić information content (AvgIpc) is 3.49. The minimum absolute atomic E-state index is 0.167. The largest absolute Gasteiger partial charge is 0.345 e. The summed E-state index contributed by atoms with van der Waals surface area (Å²) in [4.78, 5) is 31.3. The number of allylic oxidation sites excluding steroid dienone is 1. The van der Waals surface area contributed by atoms with Crippen LogP contribution in [0.15, 0.2) is 48.7 Å². The van der Waals surface area contributed by atoms with E-state index in [0.29, 0.717) is 11.5 Å². The molecule has 2 aliphatic rings. The number of carbonyl (C=O) groups excluding carboxylic acids is 1. The monoisotopic (exact) mass is 533 g/mol. The van der Waals surface area contributed by atoms with E-state index in [0.717, 1.165) is 76.9 Å². The molecule has 8 heteroatoms. The molecule has 1 amide bonds. The Labute approximate surface area is 236 Å². The Morgan fingerprint density at radius 1 is 1.02 bits per heavy atom. The Morgan fingerprint density at radius 3 is 2.45 bits per heavy atom. The predicted octanol–water partition coefficient (Wildman–Crippen LogP) is 4.68. The number of nitrogens with one attached hydrogen (secondary N) is 2. The highest BCUT2D eigenvalue weighted by molar-refractivity contribution is 5.94. The maximum Gasteiger partial charge on any atom is 0.242 e. The van der Waals surface area contributed by atoms with Crippen LogP contribution in [-0.2, 0) is 4.79 Å². The quantitative estimate of drug-likeness (QED) is 0.461. The second kappa shape index (κ2) is 11.3. The summed E-state index contributed by atoms with van der Waals surface area (Å²) >= 11 is 0. The highest BCUT2D eigenvalue weighted by Gasteiger charge is 2.21. The first-order valence-corrected chi connectivity index (χ1v) is 13.6. The van der Waals surface area contributed by atoms with Gasteiger partial charge in [0.1, 0.15) is 11.5 Å². The highest BCUT2D eigenvalue weighted by atomic mass is 16.2. The van der Waals surface area contributed by atoms with E-state index >= 15 is 0 Å². The van der Waals surface area contributed by atoms with Crippen LogP contribution in [0.2, 0.25) is 0 Å².